The van der Waals surface area contributed by atoms with Gasteiger partial charge in [-0.25, -0.2) is 12.8 Å². The lowest BCUT2D eigenvalue weighted by Gasteiger charge is -2.17. The number of carbonyl (C=O) groups excluding carboxylic acids is 1. The minimum Gasteiger partial charge on any atom is -0.483 e. The maximum atomic E-state index is 13.8. The van der Waals surface area contributed by atoms with Gasteiger partial charge in [-0.1, -0.05) is 15.9 Å². The zero-order valence-corrected chi connectivity index (χ0v) is 17.6. The molecular formula is C19H20BrFN2O4S. The molecule has 3 rings (SSSR count). The Balaban J connectivity index is 1.64. The number of anilines is 1. The number of hydrogen-bond acceptors (Lipinski definition) is 4. The van der Waals surface area contributed by atoms with Crippen LogP contribution in [-0.2, 0) is 14.8 Å². The van der Waals surface area contributed by atoms with E-state index < -0.39 is 21.7 Å². The van der Waals surface area contributed by atoms with E-state index in [1.54, 1.807) is 13.0 Å². The number of hydrogen-bond donors (Lipinski definition) is 1. The molecule has 1 aliphatic heterocycles. The standard InChI is InChI=1S/C19H20BrFN2O4S/c1-13-10-15(28(25,26)23-8-2-3-9-23)5-7-18(13)27-12-19(24)22-17-6-4-14(20)11-16(17)21/h4-7,10-11H,2-3,8-9,12H2,1H3,(H,22,24). The SMILES string of the molecule is Cc1cc(S(=O)(=O)N2CCCC2)ccc1OCC(=O)Nc1ccc(Br)cc1F. The van der Waals surface area contributed by atoms with E-state index in [-0.39, 0.29) is 17.2 Å². The summed E-state index contributed by atoms with van der Waals surface area (Å²) in [5, 5.41) is 2.44. The van der Waals surface area contributed by atoms with Crippen LogP contribution in [0.2, 0.25) is 0 Å². The number of halogens is 2. The fourth-order valence-electron chi connectivity index (χ4n) is 2.94. The lowest BCUT2D eigenvalue weighted by Crippen LogP contribution is -2.28. The maximum Gasteiger partial charge on any atom is 0.262 e. The molecule has 28 heavy (non-hydrogen) atoms. The Morgan fingerprint density at radius 1 is 1.21 bits per heavy atom. The summed E-state index contributed by atoms with van der Waals surface area (Å²) >= 11 is 3.15. The summed E-state index contributed by atoms with van der Waals surface area (Å²) < 4.78 is 46.5. The summed E-state index contributed by atoms with van der Waals surface area (Å²) in [7, 11) is -3.51. The molecule has 1 fully saturated rings. The quantitative estimate of drug-likeness (QED) is 0.698. The number of sulfonamides is 1. The van der Waals surface area contributed by atoms with Crippen molar-refractivity contribution in [3.8, 4) is 5.75 Å². The second-order valence-electron chi connectivity index (χ2n) is 6.50. The molecule has 9 heteroatoms. The predicted molar refractivity (Wildman–Crippen MR) is 107 cm³/mol. The number of nitrogens with zero attached hydrogens (tertiary/aromatic N) is 1. The molecule has 0 aliphatic carbocycles. The second kappa shape index (κ2) is 8.59. The summed E-state index contributed by atoms with van der Waals surface area (Å²) in [6.45, 7) is 2.46. The van der Waals surface area contributed by atoms with Crippen LogP contribution in [0.4, 0.5) is 10.1 Å². The number of nitrogens with one attached hydrogen (secondary N) is 1. The van der Waals surface area contributed by atoms with E-state index in [0.29, 0.717) is 28.9 Å². The van der Waals surface area contributed by atoms with Crippen molar-refractivity contribution < 1.29 is 22.3 Å². The second-order valence-corrected chi connectivity index (χ2v) is 9.35. The molecule has 0 radical (unpaired) electrons. The normalized spacial score (nSPS) is 14.8. The highest BCUT2D eigenvalue weighted by Crippen LogP contribution is 2.26. The smallest absolute Gasteiger partial charge is 0.262 e. The van der Waals surface area contributed by atoms with E-state index in [9.17, 15) is 17.6 Å². The van der Waals surface area contributed by atoms with Gasteiger partial charge >= 0.3 is 0 Å². The highest BCUT2D eigenvalue weighted by Gasteiger charge is 2.27. The van der Waals surface area contributed by atoms with Crippen LogP contribution in [0, 0.1) is 12.7 Å². The molecule has 1 saturated heterocycles. The van der Waals surface area contributed by atoms with E-state index in [1.807, 2.05) is 0 Å². The van der Waals surface area contributed by atoms with Crippen molar-refractivity contribution in [2.24, 2.45) is 0 Å². The van der Waals surface area contributed by atoms with Gasteiger partial charge in [0.1, 0.15) is 11.6 Å². The van der Waals surface area contributed by atoms with Crippen LogP contribution < -0.4 is 10.1 Å². The third-order valence-electron chi connectivity index (χ3n) is 4.41. The highest BCUT2D eigenvalue weighted by molar-refractivity contribution is 9.10. The number of rotatable bonds is 6. The van der Waals surface area contributed by atoms with Crippen molar-refractivity contribution in [1.29, 1.82) is 0 Å². The molecule has 150 valence electrons. The van der Waals surface area contributed by atoms with Crippen molar-refractivity contribution in [2.75, 3.05) is 25.0 Å². The Hall–Kier alpha value is -1.97. The fourth-order valence-corrected chi connectivity index (χ4v) is 4.88. The van der Waals surface area contributed by atoms with Gasteiger partial charge in [0.15, 0.2) is 6.61 Å². The van der Waals surface area contributed by atoms with Crippen LogP contribution in [0.15, 0.2) is 45.8 Å². The Bertz CT molecular complexity index is 991. The van der Waals surface area contributed by atoms with Gasteiger partial charge in [-0.2, -0.15) is 4.31 Å². The van der Waals surface area contributed by atoms with Crippen LogP contribution in [0.5, 0.6) is 5.75 Å². The molecule has 0 spiro atoms. The maximum absolute atomic E-state index is 13.8. The molecular weight excluding hydrogens is 451 g/mol. The third kappa shape index (κ3) is 4.71. The third-order valence-corrected chi connectivity index (χ3v) is 6.80. The average Bonchev–Trinajstić information content (AvgIpc) is 3.18. The lowest BCUT2D eigenvalue weighted by atomic mass is 10.2. The highest BCUT2D eigenvalue weighted by atomic mass is 79.9. The monoisotopic (exact) mass is 470 g/mol. The minimum absolute atomic E-state index is 0.0561. The molecule has 0 atom stereocenters. The Morgan fingerprint density at radius 3 is 2.57 bits per heavy atom. The summed E-state index contributed by atoms with van der Waals surface area (Å²) in [6, 6.07) is 8.85. The molecule has 0 aromatic heterocycles. The van der Waals surface area contributed by atoms with E-state index in [1.165, 1.54) is 34.6 Å². The number of carbonyl (C=O) groups is 1. The first kappa shape index (κ1) is 20.8. The topological polar surface area (TPSA) is 75.7 Å². The van der Waals surface area contributed by atoms with Crippen LogP contribution in [0.25, 0.3) is 0 Å². The fraction of sp³-hybridized carbons (Fsp3) is 0.316. The van der Waals surface area contributed by atoms with E-state index in [4.69, 9.17) is 4.74 Å². The number of ether oxygens (including phenoxy) is 1. The molecule has 1 aliphatic rings. The average molecular weight is 471 g/mol. The molecule has 2 aromatic rings. The van der Waals surface area contributed by atoms with Crippen LogP contribution in [0.1, 0.15) is 18.4 Å². The molecule has 0 unspecified atom stereocenters. The van der Waals surface area contributed by atoms with Crippen molar-refractivity contribution in [2.45, 2.75) is 24.7 Å². The first-order valence-corrected chi connectivity index (χ1v) is 11.0. The summed E-state index contributed by atoms with van der Waals surface area (Å²) in [5.41, 5.74) is 0.656. The van der Waals surface area contributed by atoms with Gasteiger partial charge in [0.05, 0.1) is 10.6 Å². The van der Waals surface area contributed by atoms with E-state index in [0.717, 1.165) is 12.8 Å². The minimum atomic E-state index is -3.51. The zero-order chi connectivity index (χ0) is 20.3. The summed E-state index contributed by atoms with van der Waals surface area (Å²) in [4.78, 5) is 12.2. The molecule has 1 N–H and O–H groups in total. The van der Waals surface area contributed by atoms with Crippen LogP contribution >= 0.6 is 15.9 Å². The lowest BCUT2D eigenvalue weighted by molar-refractivity contribution is -0.118. The van der Waals surface area contributed by atoms with Gasteiger partial charge in [0, 0.05) is 17.6 Å². The van der Waals surface area contributed by atoms with Gasteiger partial charge in [0.25, 0.3) is 5.91 Å². The van der Waals surface area contributed by atoms with Gasteiger partial charge < -0.3 is 10.1 Å². The largest absolute Gasteiger partial charge is 0.483 e. The van der Waals surface area contributed by atoms with E-state index >= 15 is 0 Å². The van der Waals surface area contributed by atoms with Gasteiger partial charge in [-0.05, 0) is 61.7 Å². The predicted octanol–water partition coefficient (Wildman–Crippen LogP) is 3.70. The van der Waals surface area contributed by atoms with Crippen LogP contribution in [0.3, 0.4) is 0 Å². The first-order valence-electron chi connectivity index (χ1n) is 8.76. The number of aryl methyl sites for hydroxylation is 1. The molecule has 1 amide bonds. The van der Waals surface area contributed by atoms with Crippen LogP contribution in [-0.4, -0.2) is 38.3 Å². The first-order chi connectivity index (χ1) is 13.3. The van der Waals surface area contributed by atoms with Gasteiger partial charge in [-0.3, -0.25) is 4.79 Å². The summed E-state index contributed by atoms with van der Waals surface area (Å²) in [5.74, 6) is -0.684. The Morgan fingerprint density at radius 2 is 1.93 bits per heavy atom. The zero-order valence-electron chi connectivity index (χ0n) is 15.2. The number of amides is 1. The van der Waals surface area contributed by atoms with Crippen molar-refractivity contribution in [1.82, 2.24) is 4.31 Å². The molecule has 1 heterocycles. The van der Waals surface area contributed by atoms with Crippen molar-refractivity contribution in [3.05, 3.63) is 52.3 Å². The van der Waals surface area contributed by atoms with E-state index in [2.05, 4.69) is 21.2 Å². The summed E-state index contributed by atoms with van der Waals surface area (Å²) in [6.07, 6.45) is 1.74. The van der Waals surface area contributed by atoms with Gasteiger partial charge in [0.2, 0.25) is 10.0 Å². The number of benzene rings is 2. The molecule has 2 aromatic carbocycles. The molecule has 0 saturated carbocycles. The molecule has 0 bridgehead atoms. The van der Waals surface area contributed by atoms with Crippen molar-refractivity contribution >= 4 is 37.5 Å². The Kier molecular flexibility index (Phi) is 6.36. The van der Waals surface area contributed by atoms with Gasteiger partial charge in [-0.15, -0.1) is 0 Å². The Labute approximate surface area is 171 Å². The van der Waals surface area contributed by atoms with Crippen molar-refractivity contribution in [3.63, 3.8) is 0 Å². The molecule has 6 nitrogen and oxygen atoms in total.